The van der Waals surface area contributed by atoms with E-state index in [4.69, 9.17) is 11.6 Å². The highest BCUT2D eigenvalue weighted by Crippen LogP contribution is 2.25. The number of hydrogen-bond acceptors (Lipinski definition) is 3. The van der Waals surface area contributed by atoms with Crippen LogP contribution in [-0.4, -0.2) is 30.1 Å². The Morgan fingerprint density at radius 1 is 0.957 bits per heavy atom. The number of hydrogen-bond donors (Lipinski definition) is 0. The van der Waals surface area contributed by atoms with Gasteiger partial charge in [0.2, 0.25) is 0 Å². The van der Waals surface area contributed by atoms with Crippen molar-refractivity contribution in [2.75, 3.05) is 23.9 Å². The fraction of sp³-hybridized carbons (Fsp3) is 0.118. The lowest BCUT2D eigenvalue weighted by molar-refractivity contribution is 0.253. The van der Waals surface area contributed by atoms with Crippen LogP contribution in [-0.2, 0) is 0 Å². The highest BCUT2D eigenvalue weighted by atomic mass is 35.5. The van der Waals surface area contributed by atoms with E-state index in [0.29, 0.717) is 10.7 Å². The minimum Gasteiger partial charge on any atom is -0.297 e. The minimum atomic E-state index is -0.163. The lowest BCUT2D eigenvalue weighted by atomic mass is 10.2. The number of halogens is 1. The standard InChI is InChI=1S/C17H15ClN4O/c1-21(13-7-5-12(18)6-8-13)17(23)22(2)15-9-11-20-16-14(15)4-3-10-19-16/h3-11H,1-2H3. The highest BCUT2D eigenvalue weighted by molar-refractivity contribution is 6.30. The van der Waals surface area contributed by atoms with E-state index in [1.807, 2.05) is 12.1 Å². The third-order valence-electron chi connectivity index (χ3n) is 3.64. The summed E-state index contributed by atoms with van der Waals surface area (Å²) in [6.07, 6.45) is 3.33. The molecule has 2 aromatic heterocycles. The first-order chi connectivity index (χ1) is 11.1. The average Bonchev–Trinajstić information content (AvgIpc) is 2.60. The molecule has 0 unspecified atom stereocenters. The van der Waals surface area contributed by atoms with Crippen LogP contribution in [0.3, 0.4) is 0 Å². The number of aromatic nitrogens is 2. The number of amides is 2. The van der Waals surface area contributed by atoms with Gasteiger partial charge in [0.05, 0.1) is 5.69 Å². The zero-order valence-electron chi connectivity index (χ0n) is 12.8. The molecular formula is C17H15ClN4O. The van der Waals surface area contributed by atoms with Crippen molar-refractivity contribution in [3.05, 3.63) is 59.9 Å². The Kier molecular flexibility index (Phi) is 4.12. The first-order valence-electron chi connectivity index (χ1n) is 7.04. The van der Waals surface area contributed by atoms with E-state index >= 15 is 0 Å². The lowest BCUT2D eigenvalue weighted by Gasteiger charge is -2.25. The quantitative estimate of drug-likeness (QED) is 0.715. The van der Waals surface area contributed by atoms with Gasteiger partial charge in [0.1, 0.15) is 0 Å². The normalized spacial score (nSPS) is 10.6. The van der Waals surface area contributed by atoms with Crippen LogP contribution in [0.4, 0.5) is 16.2 Å². The molecule has 2 amide bonds. The molecule has 3 aromatic rings. The number of carbonyl (C=O) groups is 1. The molecule has 3 rings (SSSR count). The maximum atomic E-state index is 12.8. The summed E-state index contributed by atoms with van der Waals surface area (Å²) >= 11 is 5.89. The maximum Gasteiger partial charge on any atom is 0.328 e. The van der Waals surface area contributed by atoms with Gasteiger partial charge in [-0.15, -0.1) is 0 Å². The molecule has 5 nitrogen and oxygen atoms in total. The Hall–Kier alpha value is -2.66. The molecule has 0 fully saturated rings. The van der Waals surface area contributed by atoms with Gasteiger partial charge in [-0.2, -0.15) is 0 Å². The minimum absolute atomic E-state index is 0.163. The molecule has 0 aliphatic heterocycles. The number of carbonyl (C=O) groups excluding carboxylic acids is 1. The van der Waals surface area contributed by atoms with E-state index < -0.39 is 0 Å². The van der Waals surface area contributed by atoms with E-state index in [-0.39, 0.29) is 6.03 Å². The fourth-order valence-corrected chi connectivity index (χ4v) is 2.49. The predicted octanol–water partition coefficient (Wildman–Crippen LogP) is 3.98. The molecule has 0 aliphatic carbocycles. The monoisotopic (exact) mass is 326 g/mol. The van der Waals surface area contributed by atoms with Crippen LogP contribution in [0.15, 0.2) is 54.9 Å². The molecular weight excluding hydrogens is 312 g/mol. The van der Waals surface area contributed by atoms with Crippen molar-refractivity contribution < 1.29 is 4.79 Å². The van der Waals surface area contributed by atoms with Crippen LogP contribution in [0.25, 0.3) is 11.0 Å². The van der Waals surface area contributed by atoms with Crippen LogP contribution in [0.2, 0.25) is 5.02 Å². The number of pyridine rings is 2. The van der Waals surface area contributed by atoms with Crippen LogP contribution in [0.5, 0.6) is 0 Å². The molecule has 0 saturated carbocycles. The molecule has 0 N–H and O–H groups in total. The highest BCUT2D eigenvalue weighted by Gasteiger charge is 2.19. The third-order valence-corrected chi connectivity index (χ3v) is 3.89. The molecule has 116 valence electrons. The second kappa shape index (κ2) is 6.22. The Labute approximate surface area is 139 Å². The van der Waals surface area contributed by atoms with Gasteiger partial charge < -0.3 is 0 Å². The Balaban J connectivity index is 1.93. The summed E-state index contributed by atoms with van der Waals surface area (Å²) in [5.74, 6) is 0. The first kappa shape index (κ1) is 15.2. The molecule has 1 aromatic carbocycles. The molecule has 0 radical (unpaired) electrons. The number of urea groups is 1. The zero-order valence-corrected chi connectivity index (χ0v) is 13.5. The van der Waals surface area contributed by atoms with Crippen LogP contribution in [0.1, 0.15) is 0 Å². The number of benzene rings is 1. The topological polar surface area (TPSA) is 49.3 Å². The van der Waals surface area contributed by atoms with Gasteiger partial charge in [0.15, 0.2) is 5.65 Å². The molecule has 0 saturated heterocycles. The summed E-state index contributed by atoms with van der Waals surface area (Å²) in [6, 6.07) is 12.5. The van der Waals surface area contributed by atoms with Crippen molar-refractivity contribution in [3.63, 3.8) is 0 Å². The van der Waals surface area contributed by atoms with Crippen molar-refractivity contribution in [2.45, 2.75) is 0 Å². The Morgan fingerprint density at radius 2 is 1.65 bits per heavy atom. The molecule has 23 heavy (non-hydrogen) atoms. The van der Waals surface area contributed by atoms with Crippen molar-refractivity contribution >= 4 is 40.0 Å². The summed E-state index contributed by atoms with van der Waals surface area (Å²) < 4.78 is 0. The van der Waals surface area contributed by atoms with Crippen molar-refractivity contribution in [2.24, 2.45) is 0 Å². The first-order valence-corrected chi connectivity index (χ1v) is 7.42. The van der Waals surface area contributed by atoms with Crippen LogP contribution < -0.4 is 9.80 Å². The van der Waals surface area contributed by atoms with E-state index in [9.17, 15) is 4.79 Å². The zero-order chi connectivity index (χ0) is 16.4. The SMILES string of the molecule is CN(C(=O)N(C)c1ccnc2ncccc12)c1ccc(Cl)cc1. The largest absolute Gasteiger partial charge is 0.328 e. The number of nitrogens with zero attached hydrogens (tertiary/aromatic N) is 4. The molecule has 0 spiro atoms. The lowest BCUT2D eigenvalue weighted by Crippen LogP contribution is -2.39. The van der Waals surface area contributed by atoms with Gasteiger partial charge in [-0.25, -0.2) is 14.8 Å². The van der Waals surface area contributed by atoms with Gasteiger partial charge in [0, 0.05) is 42.6 Å². The van der Waals surface area contributed by atoms with E-state index in [2.05, 4.69) is 9.97 Å². The summed E-state index contributed by atoms with van der Waals surface area (Å²) in [5, 5.41) is 1.46. The summed E-state index contributed by atoms with van der Waals surface area (Å²) in [6.45, 7) is 0. The van der Waals surface area contributed by atoms with Gasteiger partial charge in [0.25, 0.3) is 0 Å². The molecule has 6 heteroatoms. The number of fused-ring (bicyclic) bond motifs is 1. The van der Waals surface area contributed by atoms with Gasteiger partial charge >= 0.3 is 6.03 Å². The molecule has 0 atom stereocenters. The molecule has 0 aliphatic rings. The van der Waals surface area contributed by atoms with Crippen LogP contribution in [0, 0.1) is 0 Å². The predicted molar refractivity (Wildman–Crippen MR) is 93.2 cm³/mol. The number of anilines is 2. The molecule has 0 bridgehead atoms. The van der Waals surface area contributed by atoms with Gasteiger partial charge in [-0.05, 0) is 42.5 Å². The summed E-state index contributed by atoms with van der Waals surface area (Å²) in [5.41, 5.74) is 2.13. The summed E-state index contributed by atoms with van der Waals surface area (Å²) in [7, 11) is 3.46. The second-order valence-electron chi connectivity index (χ2n) is 5.08. The van der Waals surface area contributed by atoms with Crippen molar-refractivity contribution in [3.8, 4) is 0 Å². The smallest absolute Gasteiger partial charge is 0.297 e. The average molecular weight is 327 g/mol. The van der Waals surface area contributed by atoms with Crippen LogP contribution >= 0.6 is 11.6 Å². The van der Waals surface area contributed by atoms with E-state index in [1.165, 1.54) is 0 Å². The Bertz CT molecular complexity index is 845. The molecule has 2 heterocycles. The second-order valence-corrected chi connectivity index (χ2v) is 5.52. The van der Waals surface area contributed by atoms with Gasteiger partial charge in [-0.3, -0.25) is 9.80 Å². The Morgan fingerprint density at radius 3 is 2.39 bits per heavy atom. The summed E-state index contributed by atoms with van der Waals surface area (Å²) in [4.78, 5) is 24.3. The maximum absolute atomic E-state index is 12.8. The van der Waals surface area contributed by atoms with Crippen molar-refractivity contribution in [1.29, 1.82) is 0 Å². The van der Waals surface area contributed by atoms with Gasteiger partial charge in [-0.1, -0.05) is 11.6 Å². The number of rotatable bonds is 2. The third kappa shape index (κ3) is 2.96. The van der Waals surface area contributed by atoms with E-state index in [1.54, 1.807) is 66.6 Å². The van der Waals surface area contributed by atoms with Crippen molar-refractivity contribution in [1.82, 2.24) is 9.97 Å². The van der Waals surface area contributed by atoms with E-state index in [0.717, 1.165) is 16.8 Å². The fourth-order valence-electron chi connectivity index (χ4n) is 2.36.